The zero-order valence-electron chi connectivity index (χ0n) is 15.1. The smallest absolute Gasteiger partial charge is 0.228 e. The first kappa shape index (κ1) is 15.9. The second-order valence-corrected chi connectivity index (χ2v) is 6.81. The summed E-state index contributed by atoms with van der Waals surface area (Å²) in [6, 6.07) is 18.9. The predicted octanol–water partition coefficient (Wildman–Crippen LogP) is 4.38. The normalized spacial score (nSPS) is 15.0. The third-order valence-corrected chi connectivity index (χ3v) is 5.06. The molecule has 7 nitrogen and oxygen atoms in total. The van der Waals surface area contributed by atoms with E-state index in [4.69, 9.17) is 14.1 Å². The zero-order chi connectivity index (χ0) is 19.4. The van der Waals surface area contributed by atoms with Gasteiger partial charge in [-0.1, -0.05) is 36.4 Å². The number of rotatable bonds is 2. The molecule has 2 aromatic carbocycles. The SMILES string of the molecule is Oc1ccc2c(c1)Oc1ncn3nc(-c4ccco4)nc3c1[C@H]2c1ccccc1. The number of hydrogen-bond acceptors (Lipinski definition) is 6. The number of benzene rings is 2. The maximum absolute atomic E-state index is 9.94. The molecular weight excluding hydrogens is 368 g/mol. The maximum atomic E-state index is 9.94. The third-order valence-electron chi connectivity index (χ3n) is 5.06. The van der Waals surface area contributed by atoms with E-state index >= 15 is 0 Å². The van der Waals surface area contributed by atoms with Gasteiger partial charge in [-0.25, -0.2) is 14.5 Å². The topological polar surface area (TPSA) is 85.7 Å². The van der Waals surface area contributed by atoms with Crippen LogP contribution in [-0.2, 0) is 0 Å². The van der Waals surface area contributed by atoms with Crippen LogP contribution in [0.25, 0.3) is 17.2 Å². The summed E-state index contributed by atoms with van der Waals surface area (Å²) in [5, 5.41) is 14.5. The number of aromatic nitrogens is 4. The second kappa shape index (κ2) is 5.93. The number of ether oxygens (including phenoxy) is 1. The van der Waals surface area contributed by atoms with E-state index in [2.05, 4.69) is 22.2 Å². The number of phenolic OH excluding ortho intramolecular Hbond substituents is 1. The molecule has 0 amide bonds. The summed E-state index contributed by atoms with van der Waals surface area (Å²) in [5.41, 5.74) is 3.47. The van der Waals surface area contributed by atoms with Gasteiger partial charge in [0.1, 0.15) is 17.8 Å². The average molecular weight is 382 g/mol. The lowest BCUT2D eigenvalue weighted by molar-refractivity contribution is 0.422. The van der Waals surface area contributed by atoms with E-state index in [1.54, 1.807) is 35.3 Å². The Balaban J connectivity index is 1.64. The van der Waals surface area contributed by atoms with Crippen LogP contribution in [-0.4, -0.2) is 24.7 Å². The molecule has 4 heterocycles. The lowest BCUT2D eigenvalue weighted by Crippen LogP contribution is -2.14. The van der Waals surface area contributed by atoms with Crippen LogP contribution >= 0.6 is 0 Å². The van der Waals surface area contributed by atoms with Crippen molar-refractivity contribution in [3.8, 4) is 29.0 Å². The van der Waals surface area contributed by atoms with Crippen LogP contribution < -0.4 is 4.74 Å². The Kier molecular flexibility index (Phi) is 3.25. The van der Waals surface area contributed by atoms with Crippen molar-refractivity contribution in [3.05, 3.63) is 89.9 Å². The molecule has 7 heteroatoms. The van der Waals surface area contributed by atoms with Crippen LogP contribution in [0.5, 0.6) is 17.4 Å². The first-order valence-corrected chi connectivity index (χ1v) is 9.13. The van der Waals surface area contributed by atoms with E-state index in [0.717, 1.165) is 16.7 Å². The van der Waals surface area contributed by atoms with Crippen molar-refractivity contribution < 1.29 is 14.3 Å². The number of hydrogen-bond donors (Lipinski definition) is 1. The molecule has 0 unspecified atom stereocenters. The number of nitrogens with zero attached hydrogens (tertiary/aromatic N) is 4. The van der Waals surface area contributed by atoms with E-state index in [9.17, 15) is 5.11 Å². The fourth-order valence-electron chi connectivity index (χ4n) is 3.81. The minimum Gasteiger partial charge on any atom is -0.508 e. The average Bonchev–Trinajstić information content (AvgIpc) is 3.42. The minimum atomic E-state index is -0.166. The summed E-state index contributed by atoms with van der Waals surface area (Å²) in [4.78, 5) is 9.20. The van der Waals surface area contributed by atoms with Crippen molar-refractivity contribution in [1.29, 1.82) is 0 Å². The quantitative estimate of drug-likeness (QED) is 0.478. The molecular formula is C22H14N4O3. The molecule has 1 N–H and O–H groups in total. The van der Waals surface area contributed by atoms with Crippen LogP contribution in [0.4, 0.5) is 0 Å². The largest absolute Gasteiger partial charge is 0.508 e. The summed E-state index contributed by atoms with van der Waals surface area (Å²) in [6.45, 7) is 0. The maximum Gasteiger partial charge on any atom is 0.228 e. The Morgan fingerprint density at radius 1 is 1.00 bits per heavy atom. The molecule has 5 aromatic rings. The molecule has 0 saturated carbocycles. The van der Waals surface area contributed by atoms with Gasteiger partial charge in [-0.05, 0) is 23.8 Å². The number of phenols is 1. The van der Waals surface area contributed by atoms with Gasteiger partial charge in [-0.2, -0.15) is 0 Å². The summed E-state index contributed by atoms with van der Waals surface area (Å²) < 4.78 is 13.1. The van der Waals surface area contributed by atoms with E-state index in [-0.39, 0.29) is 11.7 Å². The molecule has 1 aliphatic heterocycles. The molecule has 1 atom stereocenters. The van der Waals surface area contributed by atoms with Gasteiger partial charge in [-0.3, -0.25) is 0 Å². The Bertz CT molecular complexity index is 1340. The number of fused-ring (bicyclic) bond motifs is 4. The molecule has 0 spiro atoms. The molecule has 1 aliphatic rings. The molecule has 0 bridgehead atoms. The highest BCUT2D eigenvalue weighted by Crippen LogP contribution is 2.48. The standard InChI is InChI=1S/C22H14N4O3/c27-14-8-9-15-17(11-14)29-22-19(18(15)13-5-2-1-3-6-13)21-24-20(16-7-4-10-28-16)25-26(21)12-23-22/h1-12,18,27H/t18-/m0/s1. The Morgan fingerprint density at radius 2 is 1.90 bits per heavy atom. The highest BCUT2D eigenvalue weighted by molar-refractivity contribution is 5.67. The Morgan fingerprint density at radius 3 is 2.72 bits per heavy atom. The summed E-state index contributed by atoms with van der Waals surface area (Å²) in [7, 11) is 0. The van der Waals surface area contributed by atoms with Gasteiger partial charge in [0.05, 0.1) is 11.8 Å². The van der Waals surface area contributed by atoms with E-state index in [0.29, 0.717) is 28.9 Å². The van der Waals surface area contributed by atoms with E-state index in [1.165, 1.54) is 0 Å². The Labute approximate surface area is 164 Å². The molecule has 0 radical (unpaired) electrons. The summed E-state index contributed by atoms with van der Waals surface area (Å²) in [5.74, 6) is 2.06. The monoisotopic (exact) mass is 382 g/mol. The first-order valence-electron chi connectivity index (χ1n) is 9.13. The van der Waals surface area contributed by atoms with Crippen molar-refractivity contribution in [2.75, 3.05) is 0 Å². The third kappa shape index (κ3) is 2.41. The Hall–Kier alpha value is -4.13. The van der Waals surface area contributed by atoms with E-state index < -0.39 is 0 Å². The highest BCUT2D eigenvalue weighted by atomic mass is 16.5. The lowest BCUT2D eigenvalue weighted by Gasteiger charge is -2.27. The lowest BCUT2D eigenvalue weighted by atomic mass is 9.84. The van der Waals surface area contributed by atoms with Crippen LogP contribution in [0.1, 0.15) is 22.6 Å². The number of aromatic hydroxyl groups is 1. The molecule has 0 saturated heterocycles. The second-order valence-electron chi connectivity index (χ2n) is 6.81. The summed E-state index contributed by atoms with van der Waals surface area (Å²) >= 11 is 0. The molecule has 3 aromatic heterocycles. The molecule has 0 aliphatic carbocycles. The van der Waals surface area contributed by atoms with Crippen molar-refractivity contribution in [2.45, 2.75) is 5.92 Å². The molecule has 29 heavy (non-hydrogen) atoms. The minimum absolute atomic E-state index is 0.141. The van der Waals surface area contributed by atoms with E-state index in [1.807, 2.05) is 30.3 Å². The van der Waals surface area contributed by atoms with Gasteiger partial charge in [0.15, 0.2) is 11.4 Å². The molecule has 6 rings (SSSR count). The molecule has 0 fully saturated rings. The van der Waals surface area contributed by atoms with Crippen LogP contribution in [0, 0.1) is 0 Å². The van der Waals surface area contributed by atoms with Crippen molar-refractivity contribution in [2.24, 2.45) is 0 Å². The number of furan rings is 1. The fraction of sp³-hybridized carbons (Fsp3) is 0.0455. The first-order chi connectivity index (χ1) is 14.3. The van der Waals surface area contributed by atoms with Gasteiger partial charge < -0.3 is 14.3 Å². The predicted molar refractivity (Wildman–Crippen MR) is 104 cm³/mol. The van der Waals surface area contributed by atoms with Gasteiger partial charge in [0, 0.05) is 17.5 Å². The van der Waals surface area contributed by atoms with Crippen LogP contribution in [0.15, 0.2) is 77.7 Å². The summed E-state index contributed by atoms with van der Waals surface area (Å²) in [6.07, 6.45) is 3.16. The van der Waals surface area contributed by atoms with Crippen molar-refractivity contribution >= 4 is 5.65 Å². The molecule has 140 valence electrons. The van der Waals surface area contributed by atoms with Crippen molar-refractivity contribution in [1.82, 2.24) is 19.6 Å². The van der Waals surface area contributed by atoms with Gasteiger partial charge >= 0.3 is 0 Å². The van der Waals surface area contributed by atoms with Gasteiger partial charge in [0.25, 0.3) is 0 Å². The van der Waals surface area contributed by atoms with Gasteiger partial charge in [0.2, 0.25) is 11.7 Å². The zero-order valence-corrected chi connectivity index (χ0v) is 15.1. The fourth-order valence-corrected chi connectivity index (χ4v) is 3.81. The van der Waals surface area contributed by atoms with Crippen molar-refractivity contribution in [3.63, 3.8) is 0 Å². The van der Waals surface area contributed by atoms with Crippen LogP contribution in [0.3, 0.4) is 0 Å². The highest BCUT2D eigenvalue weighted by Gasteiger charge is 2.33. The van der Waals surface area contributed by atoms with Gasteiger partial charge in [-0.15, -0.1) is 5.10 Å². The van der Waals surface area contributed by atoms with Crippen LogP contribution in [0.2, 0.25) is 0 Å².